The first-order valence-corrected chi connectivity index (χ1v) is 9.27. The summed E-state index contributed by atoms with van der Waals surface area (Å²) in [5.74, 6) is -1.60. The predicted octanol–water partition coefficient (Wildman–Crippen LogP) is 2.53. The Kier molecular flexibility index (Phi) is 5.84. The fraction of sp³-hybridized carbons (Fsp3) is 0.500. The molecule has 1 atom stereocenters. The maximum Gasteiger partial charge on any atom is 0.452 e. The van der Waals surface area contributed by atoms with E-state index in [-0.39, 0.29) is 25.8 Å². The lowest BCUT2D eigenvalue weighted by Crippen LogP contribution is -2.65. The second-order valence-electron chi connectivity index (χ2n) is 7.06. The lowest BCUT2D eigenvalue weighted by atomic mass is 9.80. The van der Waals surface area contributed by atoms with Crippen molar-refractivity contribution in [2.75, 3.05) is 19.6 Å². The molecule has 1 unspecified atom stereocenters. The van der Waals surface area contributed by atoms with Gasteiger partial charge in [0, 0.05) is 26.1 Å². The average molecular weight is 394 g/mol. The molecule has 0 N–H and O–H groups in total. The molecule has 0 aromatic heterocycles. The van der Waals surface area contributed by atoms with Crippen LogP contribution in [0.5, 0.6) is 0 Å². The summed E-state index contributed by atoms with van der Waals surface area (Å²) >= 11 is 0. The van der Waals surface area contributed by atoms with Crippen molar-refractivity contribution in [2.24, 2.45) is 0 Å². The number of benzene rings is 1. The summed E-state index contributed by atoms with van der Waals surface area (Å²) in [5, 5.41) is 2.79. The van der Waals surface area contributed by atoms with Crippen molar-refractivity contribution < 1.29 is 27.6 Å². The lowest BCUT2D eigenvalue weighted by Gasteiger charge is -2.41. The van der Waals surface area contributed by atoms with Crippen molar-refractivity contribution in [1.29, 1.82) is 0 Å². The highest BCUT2D eigenvalue weighted by atomic mass is 19.4. The Labute approximate surface area is 160 Å². The normalized spacial score (nSPS) is 23.8. The minimum absolute atomic E-state index is 0.0173. The summed E-state index contributed by atoms with van der Waals surface area (Å²) in [6.07, 6.45) is -3.91. The van der Waals surface area contributed by atoms with Crippen LogP contribution in [0.1, 0.15) is 31.2 Å². The maximum absolute atomic E-state index is 13.5. The van der Waals surface area contributed by atoms with Crippen molar-refractivity contribution in [2.45, 2.75) is 43.8 Å². The summed E-state index contributed by atoms with van der Waals surface area (Å²) in [4.78, 5) is 37.3. The number of nitrogens with zero attached hydrogens (tertiary/aromatic N) is 2. The van der Waals surface area contributed by atoms with Crippen LogP contribution in [-0.2, 0) is 20.8 Å². The topological polar surface area (TPSA) is 57.7 Å². The molecule has 0 aliphatic carbocycles. The van der Waals surface area contributed by atoms with Gasteiger partial charge < -0.3 is 0 Å². The van der Waals surface area contributed by atoms with Crippen LogP contribution < -0.4 is 0 Å². The summed E-state index contributed by atoms with van der Waals surface area (Å²) in [7, 11) is 0. The van der Waals surface area contributed by atoms with E-state index in [1.807, 2.05) is 0 Å². The molecule has 8 heteroatoms. The van der Waals surface area contributed by atoms with Crippen molar-refractivity contribution >= 4 is 17.5 Å². The van der Waals surface area contributed by atoms with Gasteiger partial charge in [0.25, 0.3) is 5.78 Å². The van der Waals surface area contributed by atoms with E-state index in [4.69, 9.17) is 0 Å². The molecule has 2 heterocycles. The van der Waals surface area contributed by atoms with Gasteiger partial charge in [-0.1, -0.05) is 30.3 Å². The van der Waals surface area contributed by atoms with Crippen molar-refractivity contribution in [3.05, 3.63) is 41.5 Å². The van der Waals surface area contributed by atoms with Gasteiger partial charge in [-0.25, -0.2) is 14.8 Å². The Morgan fingerprint density at radius 1 is 1.07 bits per heavy atom. The molecule has 3 rings (SSSR count). The summed E-state index contributed by atoms with van der Waals surface area (Å²) < 4.78 is 40.6. The molecule has 0 saturated carbocycles. The van der Waals surface area contributed by atoms with Crippen LogP contribution in [0, 0.1) is 0 Å². The first kappa shape index (κ1) is 20.5. The van der Waals surface area contributed by atoms with Crippen molar-refractivity contribution in [3.63, 3.8) is 0 Å². The molecule has 0 bridgehead atoms. The highest BCUT2D eigenvalue weighted by Crippen LogP contribution is 2.42. The van der Waals surface area contributed by atoms with Crippen LogP contribution in [0.3, 0.4) is 0 Å². The zero-order valence-electron chi connectivity index (χ0n) is 15.3. The van der Waals surface area contributed by atoms with Crippen LogP contribution in [0.4, 0.5) is 13.2 Å². The molecule has 28 heavy (non-hydrogen) atoms. The number of carbonyl (C=O) groups excluding carboxylic acids is 3. The molecule has 2 saturated heterocycles. The number of rotatable bonds is 6. The molecule has 1 aromatic rings. The highest BCUT2D eigenvalue weighted by molar-refractivity contribution is 6.18. The highest BCUT2D eigenvalue weighted by Gasteiger charge is 2.65. The van der Waals surface area contributed by atoms with E-state index in [0.717, 1.165) is 18.4 Å². The SMILES string of the molecule is O=C=C1CCN(N2CCCC2)C1(C(=O)CCc1ccccc1)C(=O)C(F)(F)F. The summed E-state index contributed by atoms with van der Waals surface area (Å²) in [6, 6.07) is 8.84. The molecule has 0 radical (unpaired) electrons. The second-order valence-corrected chi connectivity index (χ2v) is 7.06. The van der Waals surface area contributed by atoms with Gasteiger partial charge in [-0.15, -0.1) is 0 Å². The Morgan fingerprint density at radius 2 is 1.71 bits per heavy atom. The van der Waals surface area contributed by atoms with Crippen LogP contribution in [0.25, 0.3) is 0 Å². The van der Waals surface area contributed by atoms with Crippen LogP contribution in [0.2, 0.25) is 0 Å². The third-order valence-electron chi connectivity index (χ3n) is 5.42. The summed E-state index contributed by atoms with van der Waals surface area (Å²) in [5.41, 5.74) is -2.27. The van der Waals surface area contributed by atoms with E-state index in [1.54, 1.807) is 35.3 Å². The van der Waals surface area contributed by atoms with Gasteiger partial charge in [-0.05, 0) is 31.2 Å². The third-order valence-corrected chi connectivity index (χ3v) is 5.42. The number of carbonyl (C=O) groups is 2. The van der Waals surface area contributed by atoms with Gasteiger partial charge in [0.1, 0.15) is 5.94 Å². The Balaban J connectivity index is 2.01. The smallest absolute Gasteiger partial charge is 0.297 e. The maximum atomic E-state index is 13.5. The van der Waals surface area contributed by atoms with Crippen molar-refractivity contribution in [1.82, 2.24) is 10.0 Å². The number of ketones is 2. The van der Waals surface area contributed by atoms with Gasteiger partial charge in [-0.2, -0.15) is 13.2 Å². The zero-order valence-corrected chi connectivity index (χ0v) is 15.3. The molecule has 1 aromatic carbocycles. The molecule has 0 spiro atoms. The molecule has 2 aliphatic heterocycles. The number of alkyl halides is 3. The van der Waals surface area contributed by atoms with E-state index in [9.17, 15) is 27.6 Å². The van der Waals surface area contributed by atoms with E-state index < -0.39 is 28.9 Å². The first-order chi connectivity index (χ1) is 13.3. The second kappa shape index (κ2) is 7.99. The number of hydrogen-bond acceptors (Lipinski definition) is 5. The molecule has 2 fully saturated rings. The van der Waals surface area contributed by atoms with E-state index >= 15 is 0 Å². The molecule has 5 nitrogen and oxygen atoms in total. The Bertz CT molecular complexity index is 797. The fourth-order valence-electron chi connectivity index (χ4n) is 4.12. The van der Waals surface area contributed by atoms with Gasteiger partial charge >= 0.3 is 6.18 Å². The first-order valence-electron chi connectivity index (χ1n) is 9.27. The predicted molar refractivity (Wildman–Crippen MR) is 94.9 cm³/mol. The van der Waals surface area contributed by atoms with Gasteiger partial charge in [-0.3, -0.25) is 9.59 Å². The molecular formula is C20H21F3N2O3. The molecular weight excluding hydrogens is 373 g/mol. The minimum atomic E-state index is -5.24. The van der Waals surface area contributed by atoms with E-state index in [0.29, 0.717) is 13.1 Å². The van der Waals surface area contributed by atoms with E-state index in [2.05, 4.69) is 0 Å². The standard InChI is InChI=1S/C20H21F3N2O3/c21-20(22,23)18(28)19(17(27)9-8-15-6-2-1-3-7-15)16(14-26)10-13-25(19)24-11-4-5-12-24/h1-3,6-7H,4-5,8-13H2. The van der Waals surface area contributed by atoms with Gasteiger partial charge in [0.15, 0.2) is 11.3 Å². The number of aryl methyl sites for hydroxylation is 1. The Hall–Kier alpha value is -2.28. The summed E-state index contributed by atoms with van der Waals surface area (Å²) in [6.45, 7) is 0.916. The Morgan fingerprint density at radius 3 is 2.29 bits per heavy atom. The monoisotopic (exact) mass is 394 g/mol. The van der Waals surface area contributed by atoms with Gasteiger partial charge in [0.05, 0.1) is 5.57 Å². The minimum Gasteiger partial charge on any atom is -0.297 e. The number of hydrogen-bond donors (Lipinski definition) is 0. The third kappa shape index (κ3) is 3.55. The fourth-order valence-corrected chi connectivity index (χ4v) is 4.12. The molecule has 0 amide bonds. The number of hydrazine groups is 1. The lowest BCUT2D eigenvalue weighted by molar-refractivity contribution is -0.190. The number of Topliss-reactive ketones (excluding diaryl/α,β-unsaturated/α-hetero) is 2. The van der Waals surface area contributed by atoms with Gasteiger partial charge in [0.2, 0.25) is 0 Å². The van der Waals surface area contributed by atoms with Crippen LogP contribution in [-0.4, -0.2) is 58.9 Å². The van der Waals surface area contributed by atoms with Crippen LogP contribution >= 0.6 is 0 Å². The largest absolute Gasteiger partial charge is 0.452 e. The zero-order chi connectivity index (χ0) is 20.4. The number of halogens is 3. The van der Waals surface area contributed by atoms with E-state index in [1.165, 1.54) is 11.0 Å². The van der Waals surface area contributed by atoms with Crippen molar-refractivity contribution in [3.8, 4) is 0 Å². The molecule has 150 valence electrons. The average Bonchev–Trinajstić information content (AvgIpc) is 3.33. The van der Waals surface area contributed by atoms with Crippen LogP contribution in [0.15, 0.2) is 35.9 Å². The molecule has 2 aliphatic rings. The quantitative estimate of drug-likeness (QED) is 0.548.